The zero-order valence-electron chi connectivity index (χ0n) is 8.43. The molecule has 0 atom stereocenters. The van der Waals surface area contributed by atoms with Gasteiger partial charge in [-0.25, -0.2) is 4.98 Å². The first-order chi connectivity index (χ1) is 7.19. The van der Waals surface area contributed by atoms with E-state index in [1.807, 2.05) is 0 Å². The highest BCUT2D eigenvalue weighted by Crippen LogP contribution is 2.12. The van der Waals surface area contributed by atoms with Crippen molar-refractivity contribution < 1.29 is 19.1 Å². The summed E-state index contributed by atoms with van der Waals surface area (Å²) in [7, 11) is 2.47. The summed E-state index contributed by atoms with van der Waals surface area (Å²) < 4.78 is 9.04. The Bertz CT molecular complexity index is 320. The van der Waals surface area contributed by atoms with E-state index in [1.54, 1.807) is 10.9 Å². The maximum absolute atomic E-state index is 11.3. The molecule has 0 fully saturated rings. The molecule has 15 heavy (non-hydrogen) atoms. The molecule has 5 nitrogen and oxygen atoms in total. The van der Waals surface area contributed by atoms with Crippen LogP contribution in [0.15, 0.2) is 10.9 Å². The molecule has 0 N–H and O–H groups in total. The minimum atomic E-state index is -0.929. The molecule has 0 amide bonds. The quantitative estimate of drug-likeness (QED) is 0.560. The number of aromatic nitrogens is 1. The van der Waals surface area contributed by atoms with Crippen molar-refractivity contribution in [2.75, 3.05) is 14.2 Å². The van der Waals surface area contributed by atoms with Crippen molar-refractivity contribution >= 4 is 23.3 Å². The first kappa shape index (κ1) is 11.6. The molecule has 0 radical (unpaired) electrons. The SMILES string of the molecule is COC(=O)C(Cc1cscn1)C(=O)OC. The molecule has 0 bridgehead atoms. The predicted octanol–water partition coefficient (Wildman–Crippen LogP) is 0.648. The van der Waals surface area contributed by atoms with Gasteiger partial charge in [0.25, 0.3) is 0 Å². The van der Waals surface area contributed by atoms with E-state index >= 15 is 0 Å². The normalized spacial score (nSPS) is 10.1. The molecule has 6 heteroatoms. The second-order valence-corrected chi connectivity index (χ2v) is 3.50. The van der Waals surface area contributed by atoms with Crippen LogP contribution in [-0.4, -0.2) is 31.1 Å². The molecule has 0 aliphatic heterocycles. The molecule has 1 heterocycles. The van der Waals surface area contributed by atoms with Crippen molar-refractivity contribution in [2.24, 2.45) is 5.92 Å². The number of carbonyl (C=O) groups is 2. The Balaban J connectivity index is 2.73. The van der Waals surface area contributed by atoms with E-state index in [4.69, 9.17) is 0 Å². The van der Waals surface area contributed by atoms with Crippen LogP contribution in [0.1, 0.15) is 5.69 Å². The highest BCUT2D eigenvalue weighted by Gasteiger charge is 2.29. The lowest BCUT2D eigenvalue weighted by Crippen LogP contribution is -2.28. The summed E-state index contributed by atoms with van der Waals surface area (Å²) in [5.41, 5.74) is 2.32. The highest BCUT2D eigenvalue weighted by atomic mass is 32.1. The number of hydrogen-bond acceptors (Lipinski definition) is 6. The first-order valence-electron chi connectivity index (χ1n) is 4.21. The lowest BCUT2D eigenvalue weighted by atomic mass is 10.0. The van der Waals surface area contributed by atoms with Crippen molar-refractivity contribution in [3.05, 3.63) is 16.6 Å². The van der Waals surface area contributed by atoms with Crippen LogP contribution >= 0.6 is 11.3 Å². The fraction of sp³-hybridized carbons (Fsp3) is 0.444. The molecule has 0 saturated heterocycles. The molecule has 0 saturated carbocycles. The summed E-state index contributed by atoms with van der Waals surface area (Å²) in [5.74, 6) is -2.13. The Morgan fingerprint density at radius 1 is 1.40 bits per heavy atom. The van der Waals surface area contributed by atoms with E-state index in [2.05, 4.69) is 14.5 Å². The fourth-order valence-corrected chi connectivity index (χ4v) is 1.67. The van der Waals surface area contributed by atoms with Crippen LogP contribution in [0.2, 0.25) is 0 Å². The number of rotatable bonds is 4. The van der Waals surface area contributed by atoms with Gasteiger partial charge in [0.05, 0.1) is 25.4 Å². The number of hydrogen-bond donors (Lipinski definition) is 0. The van der Waals surface area contributed by atoms with Crippen LogP contribution in [0.25, 0.3) is 0 Å². The maximum atomic E-state index is 11.3. The van der Waals surface area contributed by atoms with Crippen LogP contribution < -0.4 is 0 Å². The summed E-state index contributed by atoms with van der Waals surface area (Å²) in [6, 6.07) is 0. The van der Waals surface area contributed by atoms with Gasteiger partial charge in [0.15, 0.2) is 5.92 Å². The summed E-state index contributed by atoms with van der Waals surface area (Å²) in [5, 5.41) is 1.78. The topological polar surface area (TPSA) is 65.5 Å². The monoisotopic (exact) mass is 229 g/mol. The van der Waals surface area contributed by atoms with E-state index in [9.17, 15) is 9.59 Å². The minimum Gasteiger partial charge on any atom is -0.468 e. The number of esters is 2. The van der Waals surface area contributed by atoms with E-state index in [-0.39, 0.29) is 6.42 Å². The molecule has 82 valence electrons. The Morgan fingerprint density at radius 3 is 2.40 bits per heavy atom. The summed E-state index contributed by atoms with van der Waals surface area (Å²) in [6.45, 7) is 0. The van der Waals surface area contributed by atoms with E-state index in [0.717, 1.165) is 0 Å². The molecular weight excluding hydrogens is 218 g/mol. The highest BCUT2D eigenvalue weighted by molar-refractivity contribution is 7.07. The molecule has 0 unspecified atom stereocenters. The zero-order chi connectivity index (χ0) is 11.3. The molecule has 0 spiro atoms. The van der Waals surface area contributed by atoms with Gasteiger partial charge < -0.3 is 9.47 Å². The average Bonchev–Trinajstić information content (AvgIpc) is 2.76. The number of carbonyl (C=O) groups excluding carboxylic acids is 2. The van der Waals surface area contributed by atoms with Gasteiger partial charge in [-0.15, -0.1) is 11.3 Å². The van der Waals surface area contributed by atoms with Crippen molar-refractivity contribution in [1.82, 2.24) is 4.98 Å². The Morgan fingerprint density at radius 2 is 2.00 bits per heavy atom. The van der Waals surface area contributed by atoms with Crippen molar-refractivity contribution in [3.8, 4) is 0 Å². The van der Waals surface area contributed by atoms with Crippen LogP contribution in [0, 0.1) is 5.92 Å². The van der Waals surface area contributed by atoms with E-state index in [1.165, 1.54) is 25.6 Å². The summed E-state index contributed by atoms with van der Waals surface area (Å²) in [6.07, 6.45) is 0.211. The van der Waals surface area contributed by atoms with Crippen LogP contribution in [0.5, 0.6) is 0 Å². The van der Waals surface area contributed by atoms with Crippen molar-refractivity contribution in [1.29, 1.82) is 0 Å². The van der Waals surface area contributed by atoms with E-state index in [0.29, 0.717) is 5.69 Å². The molecule has 0 aromatic carbocycles. The lowest BCUT2D eigenvalue weighted by molar-refractivity contribution is -0.158. The maximum Gasteiger partial charge on any atom is 0.320 e. The molecule has 0 aliphatic rings. The first-order valence-corrected chi connectivity index (χ1v) is 5.16. The van der Waals surface area contributed by atoms with Gasteiger partial charge in [0, 0.05) is 11.8 Å². The van der Waals surface area contributed by atoms with Gasteiger partial charge in [0.2, 0.25) is 0 Å². The average molecular weight is 229 g/mol. The molecular formula is C9H11NO4S. The number of nitrogens with zero attached hydrogens (tertiary/aromatic N) is 1. The van der Waals surface area contributed by atoms with Crippen LogP contribution in [0.4, 0.5) is 0 Å². The Hall–Kier alpha value is -1.43. The van der Waals surface area contributed by atoms with Crippen LogP contribution in [0.3, 0.4) is 0 Å². The predicted molar refractivity (Wildman–Crippen MR) is 53.3 cm³/mol. The van der Waals surface area contributed by atoms with Crippen LogP contribution in [-0.2, 0) is 25.5 Å². The summed E-state index contributed by atoms with van der Waals surface area (Å²) >= 11 is 1.40. The van der Waals surface area contributed by atoms with E-state index < -0.39 is 17.9 Å². The second kappa shape index (κ2) is 5.45. The Kier molecular flexibility index (Phi) is 4.23. The smallest absolute Gasteiger partial charge is 0.320 e. The third-order valence-electron chi connectivity index (χ3n) is 1.87. The third kappa shape index (κ3) is 3.02. The second-order valence-electron chi connectivity index (χ2n) is 2.78. The molecule has 1 rings (SSSR count). The molecule has 1 aromatic heterocycles. The minimum absolute atomic E-state index is 0.211. The van der Waals surface area contributed by atoms with Gasteiger partial charge in [-0.1, -0.05) is 0 Å². The number of thiazole rings is 1. The van der Waals surface area contributed by atoms with Crippen molar-refractivity contribution in [3.63, 3.8) is 0 Å². The van der Waals surface area contributed by atoms with Gasteiger partial charge in [0.1, 0.15) is 0 Å². The van der Waals surface area contributed by atoms with Gasteiger partial charge in [-0.05, 0) is 0 Å². The zero-order valence-corrected chi connectivity index (χ0v) is 9.24. The lowest BCUT2D eigenvalue weighted by Gasteiger charge is -2.10. The molecule has 1 aromatic rings. The van der Waals surface area contributed by atoms with Gasteiger partial charge in [-0.2, -0.15) is 0 Å². The number of ether oxygens (including phenoxy) is 2. The fourth-order valence-electron chi connectivity index (χ4n) is 1.09. The Labute approximate surface area is 91.0 Å². The standard InChI is InChI=1S/C9H11NO4S/c1-13-8(11)7(9(12)14-2)3-6-4-15-5-10-6/h4-5,7H,3H2,1-2H3. The van der Waals surface area contributed by atoms with Gasteiger partial charge in [-0.3, -0.25) is 9.59 Å². The number of methoxy groups -OCH3 is 2. The largest absolute Gasteiger partial charge is 0.468 e. The third-order valence-corrected chi connectivity index (χ3v) is 2.50. The summed E-state index contributed by atoms with van der Waals surface area (Å²) in [4.78, 5) is 26.6. The van der Waals surface area contributed by atoms with Gasteiger partial charge >= 0.3 is 11.9 Å². The van der Waals surface area contributed by atoms with Crippen molar-refractivity contribution in [2.45, 2.75) is 6.42 Å². The molecule has 0 aliphatic carbocycles.